The molecule has 1 heterocycles. The molecule has 1 aliphatic heterocycles. The highest BCUT2D eigenvalue weighted by Crippen LogP contribution is 2.36. The molecule has 0 N–H and O–H groups in total. The topological polar surface area (TPSA) is 49.9 Å². The summed E-state index contributed by atoms with van der Waals surface area (Å²) in [5.74, 6) is 1.72. The van der Waals surface area contributed by atoms with E-state index in [9.17, 15) is 9.59 Å². The summed E-state index contributed by atoms with van der Waals surface area (Å²) in [6, 6.07) is 8.44. The van der Waals surface area contributed by atoms with E-state index in [2.05, 4.69) is 11.8 Å². The molecule has 5 nitrogen and oxygen atoms in total. The molecule has 0 bridgehead atoms. The molecule has 27 heavy (non-hydrogen) atoms. The second-order valence-electron chi connectivity index (χ2n) is 8.31. The Morgan fingerprint density at radius 3 is 2.41 bits per heavy atom. The molecule has 0 aromatic heterocycles. The lowest BCUT2D eigenvalue weighted by Crippen LogP contribution is -2.44. The maximum Gasteiger partial charge on any atom is 0.227 e. The van der Waals surface area contributed by atoms with Crippen molar-refractivity contribution in [2.75, 3.05) is 18.1 Å². The van der Waals surface area contributed by atoms with Gasteiger partial charge < -0.3 is 14.5 Å². The molecular formula is C22H30N2O3. The van der Waals surface area contributed by atoms with Crippen LogP contribution in [0.3, 0.4) is 0 Å². The third-order valence-electron chi connectivity index (χ3n) is 6.19. The van der Waals surface area contributed by atoms with Gasteiger partial charge >= 0.3 is 0 Å². The second kappa shape index (κ2) is 7.91. The lowest BCUT2D eigenvalue weighted by atomic mass is 9.86. The van der Waals surface area contributed by atoms with Gasteiger partial charge in [0.25, 0.3) is 0 Å². The van der Waals surface area contributed by atoms with Gasteiger partial charge in [0, 0.05) is 24.9 Å². The predicted molar refractivity (Wildman–Crippen MR) is 105 cm³/mol. The fraction of sp³-hybridized carbons (Fsp3) is 0.636. The number of benzene rings is 1. The molecular weight excluding hydrogens is 340 g/mol. The Morgan fingerprint density at radius 1 is 1.04 bits per heavy atom. The molecule has 5 heteroatoms. The molecule has 4 rings (SSSR count). The third-order valence-corrected chi connectivity index (χ3v) is 6.19. The molecule has 2 fully saturated rings. The summed E-state index contributed by atoms with van der Waals surface area (Å²) in [4.78, 5) is 29.7. The van der Waals surface area contributed by atoms with Gasteiger partial charge in [-0.2, -0.15) is 0 Å². The maximum absolute atomic E-state index is 13.0. The van der Waals surface area contributed by atoms with Gasteiger partial charge in [0.2, 0.25) is 11.8 Å². The van der Waals surface area contributed by atoms with Crippen molar-refractivity contribution in [3.63, 3.8) is 0 Å². The SMILES string of the molecule is CC1CCC(N(C(=O)CCC(=O)N2CCOc3ccccc32)C2CC2)CC1. The van der Waals surface area contributed by atoms with Crippen molar-refractivity contribution in [3.8, 4) is 5.75 Å². The monoisotopic (exact) mass is 370 g/mol. The van der Waals surface area contributed by atoms with Crippen LogP contribution in [0.15, 0.2) is 24.3 Å². The highest BCUT2D eigenvalue weighted by atomic mass is 16.5. The number of hydrogen-bond acceptors (Lipinski definition) is 3. The number of hydrogen-bond donors (Lipinski definition) is 0. The molecule has 0 spiro atoms. The number of fused-ring (bicyclic) bond motifs is 1. The number of ether oxygens (including phenoxy) is 1. The lowest BCUT2D eigenvalue weighted by Gasteiger charge is -2.36. The van der Waals surface area contributed by atoms with E-state index in [-0.39, 0.29) is 18.2 Å². The Hall–Kier alpha value is -2.04. The zero-order chi connectivity index (χ0) is 18.8. The maximum atomic E-state index is 13.0. The predicted octanol–water partition coefficient (Wildman–Crippen LogP) is 3.76. The molecule has 2 amide bonds. The van der Waals surface area contributed by atoms with Crippen molar-refractivity contribution in [3.05, 3.63) is 24.3 Å². The molecule has 0 unspecified atom stereocenters. The second-order valence-corrected chi connectivity index (χ2v) is 8.31. The number of carbonyl (C=O) groups excluding carboxylic acids is 2. The van der Waals surface area contributed by atoms with Crippen LogP contribution in [-0.4, -0.2) is 41.9 Å². The first-order valence-corrected chi connectivity index (χ1v) is 10.5. The highest BCUT2D eigenvalue weighted by Gasteiger charge is 2.38. The van der Waals surface area contributed by atoms with Gasteiger partial charge in [-0.25, -0.2) is 0 Å². The van der Waals surface area contributed by atoms with Crippen LogP contribution in [0.1, 0.15) is 58.3 Å². The number of rotatable bonds is 5. The fourth-order valence-electron chi connectivity index (χ4n) is 4.49. The third kappa shape index (κ3) is 4.12. The number of anilines is 1. The van der Waals surface area contributed by atoms with E-state index < -0.39 is 0 Å². The number of amides is 2. The fourth-order valence-corrected chi connectivity index (χ4v) is 4.49. The first kappa shape index (κ1) is 18.3. The van der Waals surface area contributed by atoms with Gasteiger partial charge in [-0.1, -0.05) is 19.1 Å². The normalized spacial score (nSPS) is 24.7. The molecule has 0 atom stereocenters. The minimum Gasteiger partial charge on any atom is -0.490 e. The Bertz CT molecular complexity index is 693. The van der Waals surface area contributed by atoms with Gasteiger partial charge in [-0.3, -0.25) is 9.59 Å². The van der Waals surface area contributed by atoms with E-state index >= 15 is 0 Å². The van der Waals surface area contributed by atoms with Crippen LogP contribution in [0, 0.1) is 5.92 Å². The summed E-state index contributed by atoms with van der Waals surface area (Å²) in [5, 5.41) is 0. The summed E-state index contributed by atoms with van der Waals surface area (Å²) in [7, 11) is 0. The standard InChI is InChI=1S/C22H30N2O3/c1-16-6-8-17(9-7-16)24(18-10-11-18)22(26)13-12-21(25)23-14-15-27-20-5-3-2-4-19(20)23/h2-5,16-18H,6-15H2,1H3. The molecule has 1 aromatic rings. The van der Waals surface area contributed by atoms with Crippen LogP contribution < -0.4 is 9.64 Å². The zero-order valence-corrected chi connectivity index (χ0v) is 16.2. The van der Waals surface area contributed by atoms with Crippen molar-refractivity contribution < 1.29 is 14.3 Å². The summed E-state index contributed by atoms with van der Waals surface area (Å²) in [5.41, 5.74) is 0.821. The van der Waals surface area contributed by atoms with Crippen molar-refractivity contribution >= 4 is 17.5 Å². The number of nitrogens with zero attached hydrogens (tertiary/aromatic N) is 2. The molecule has 3 aliphatic rings. The lowest BCUT2D eigenvalue weighted by molar-refractivity contribution is -0.136. The van der Waals surface area contributed by atoms with Crippen LogP contribution in [0.5, 0.6) is 5.75 Å². The van der Waals surface area contributed by atoms with E-state index in [0.717, 1.165) is 43.0 Å². The number of carbonyl (C=O) groups is 2. The Balaban J connectivity index is 1.36. The van der Waals surface area contributed by atoms with Crippen molar-refractivity contribution in [2.24, 2.45) is 5.92 Å². The van der Waals surface area contributed by atoms with Gasteiger partial charge in [0.1, 0.15) is 12.4 Å². The molecule has 1 aromatic carbocycles. The van der Waals surface area contributed by atoms with E-state index in [0.29, 0.717) is 31.7 Å². The van der Waals surface area contributed by atoms with Crippen LogP contribution in [0.2, 0.25) is 0 Å². The average molecular weight is 370 g/mol. The van der Waals surface area contributed by atoms with E-state index in [1.54, 1.807) is 4.90 Å². The molecule has 0 radical (unpaired) electrons. The first-order chi connectivity index (χ1) is 13.1. The van der Waals surface area contributed by atoms with E-state index in [1.165, 1.54) is 12.8 Å². The summed E-state index contributed by atoms with van der Waals surface area (Å²) >= 11 is 0. The van der Waals surface area contributed by atoms with Crippen molar-refractivity contribution in [1.29, 1.82) is 0 Å². The van der Waals surface area contributed by atoms with E-state index in [1.807, 2.05) is 24.3 Å². The molecule has 0 saturated heterocycles. The van der Waals surface area contributed by atoms with Gasteiger partial charge in [0.15, 0.2) is 0 Å². The summed E-state index contributed by atoms with van der Waals surface area (Å²) in [6.07, 6.45) is 7.52. The van der Waals surface area contributed by atoms with Crippen LogP contribution in [-0.2, 0) is 9.59 Å². The molecule has 146 valence electrons. The zero-order valence-electron chi connectivity index (χ0n) is 16.2. The van der Waals surface area contributed by atoms with Crippen molar-refractivity contribution in [1.82, 2.24) is 4.90 Å². The Morgan fingerprint density at radius 2 is 1.70 bits per heavy atom. The van der Waals surface area contributed by atoms with Gasteiger partial charge in [-0.15, -0.1) is 0 Å². The Labute approximate surface area is 161 Å². The Kier molecular flexibility index (Phi) is 5.37. The van der Waals surface area contributed by atoms with Crippen molar-refractivity contribution in [2.45, 2.75) is 70.4 Å². The minimum absolute atomic E-state index is 0.0205. The van der Waals surface area contributed by atoms with Crippen LogP contribution in [0.25, 0.3) is 0 Å². The minimum atomic E-state index is 0.0205. The van der Waals surface area contributed by atoms with Crippen LogP contribution in [0.4, 0.5) is 5.69 Å². The first-order valence-electron chi connectivity index (χ1n) is 10.5. The smallest absolute Gasteiger partial charge is 0.227 e. The summed E-state index contributed by atoms with van der Waals surface area (Å²) < 4.78 is 5.63. The largest absolute Gasteiger partial charge is 0.490 e. The number of para-hydroxylation sites is 2. The average Bonchev–Trinajstić information content (AvgIpc) is 3.52. The van der Waals surface area contributed by atoms with Gasteiger partial charge in [0.05, 0.1) is 12.2 Å². The molecule has 2 aliphatic carbocycles. The van der Waals surface area contributed by atoms with E-state index in [4.69, 9.17) is 4.74 Å². The van der Waals surface area contributed by atoms with Crippen LogP contribution >= 0.6 is 0 Å². The molecule has 2 saturated carbocycles. The quantitative estimate of drug-likeness (QED) is 0.793. The highest BCUT2D eigenvalue weighted by molar-refractivity contribution is 5.97. The summed E-state index contributed by atoms with van der Waals surface area (Å²) in [6.45, 7) is 3.36. The van der Waals surface area contributed by atoms with Gasteiger partial charge in [-0.05, 0) is 56.6 Å².